The molecule has 0 bridgehead atoms. The van der Waals surface area contributed by atoms with Crippen molar-refractivity contribution in [2.75, 3.05) is 33.9 Å². The van der Waals surface area contributed by atoms with Gasteiger partial charge in [0.25, 0.3) is 5.91 Å². The van der Waals surface area contributed by atoms with E-state index in [1.165, 1.54) is 44.3 Å². The third kappa shape index (κ3) is 20.3. The number of amides is 2. The van der Waals surface area contributed by atoms with Gasteiger partial charge in [-0.15, -0.1) is 5.92 Å². The van der Waals surface area contributed by atoms with Crippen LogP contribution in [0.4, 0.5) is 0 Å². The fourth-order valence-electron chi connectivity index (χ4n) is 5.57. The summed E-state index contributed by atoms with van der Waals surface area (Å²) in [6.45, 7) is 7.71. The molecule has 0 aliphatic rings. The van der Waals surface area contributed by atoms with Gasteiger partial charge in [-0.1, -0.05) is 75.7 Å². The second-order valence-electron chi connectivity index (χ2n) is 15.0. The highest BCUT2D eigenvalue weighted by atomic mass is 16.6. The predicted octanol–water partition coefficient (Wildman–Crippen LogP) is 5.65. The molecule has 0 saturated carbocycles. The lowest BCUT2D eigenvalue weighted by molar-refractivity contribution is -0.185. The third-order valence-corrected chi connectivity index (χ3v) is 8.80. The van der Waals surface area contributed by atoms with E-state index in [0.717, 1.165) is 38.5 Å². The molecule has 2 amide bonds. The summed E-state index contributed by atoms with van der Waals surface area (Å²) >= 11 is 0. The molecule has 1 rings (SSSR count). The van der Waals surface area contributed by atoms with Crippen molar-refractivity contribution in [1.29, 1.82) is 0 Å². The first-order valence-electron chi connectivity index (χ1n) is 19.6. The van der Waals surface area contributed by atoms with Crippen molar-refractivity contribution < 1.29 is 48.4 Å². The Morgan fingerprint density at radius 2 is 1.55 bits per heavy atom. The number of benzene rings is 1. The minimum Gasteiger partial charge on any atom is -0.481 e. The van der Waals surface area contributed by atoms with Gasteiger partial charge in [0.2, 0.25) is 5.91 Å². The zero-order chi connectivity index (χ0) is 41.3. The molecule has 1 aromatic carbocycles. The number of unbranched alkanes of at least 4 members (excludes halogenated alkanes) is 8. The summed E-state index contributed by atoms with van der Waals surface area (Å²) in [7, 11) is 3.03. The SMILES string of the molecule is CC#CCOc1ccc(C[C@H](NC(=O)[C@@H](C=CCCCCCCC(=O)CCCCCCC)[C@@](O)(CCO)C(=O)OC(C)(C)C)C(=O)OCC(=O)N(C)C)cc1. The molecule has 12 heteroatoms. The zero-order valence-corrected chi connectivity index (χ0v) is 34.2. The second-order valence-corrected chi connectivity index (χ2v) is 15.0. The maximum Gasteiger partial charge on any atom is 0.339 e. The number of ether oxygens (including phenoxy) is 3. The quantitative estimate of drug-likeness (QED) is 0.0441. The predicted molar refractivity (Wildman–Crippen MR) is 212 cm³/mol. The molecule has 1 aromatic rings. The number of carbonyl (C=O) groups excluding carboxylic acids is 5. The average molecular weight is 771 g/mol. The minimum absolute atomic E-state index is 0.0571. The maximum atomic E-state index is 14.1. The first-order chi connectivity index (χ1) is 26.1. The normalized spacial score (nSPS) is 13.5. The summed E-state index contributed by atoms with van der Waals surface area (Å²) in [6.07, 6.45) is 13.0. The molecule has 0 heterocycles. The van der Waals surface area contributed by atoms with Crippen LogP contribution in [-0.2, 0) is 39.9 Å². The largest absolute Gasteiger partial charge is 0.481 e. The lowest BCUT2D eigenvalue weighted by atomic mass is 9.82. The Hall–Kier alpha value is -4.21. The van der Waals surface area contributed by atoms with E-state index in [9.17, 15) is 34.2 Å². The summed E-state index contributed by atoms with van der Waals surface area (Å²) in [5.74, 6) is 1.47. The number of likely N-dealkylation sites (N-methyl/N-ethyl adjacent to an activating group) is 1. The number of aliphatic hydroxyl groups excluding tert-OH is 1. The molecule has 0 radical (unpaired) electrons. The maximum absolute atomic E-state index is 14.1. The van der Waals surface area contributed by atoms with E-state index in [0.29, 0.717) is 36.4 Å². The molecule has 0 aliphatic carbocycles. The number of carbonyl (C=O) groups is 5. The van der Waals surface area contributed by atoms with Gasteiger partial charge >= 0.3 is 11.9 Å². The first kappa shape index (κ1) is 48.8. The van der Waals surface area contributed by atoms with E-state index in [4.69, 9.17) is 14.2 Å². The van der Waals surface area contributed by atoms with Gasteiger partial charge in [0.15, 0.2) is 12.2 Å². The molecule has 12 nitrogen and oxygen atoms in total. The summed E-state index contributed by atoms with van der Waals surface area (Å²) in [4.78, 5) is 66.7. The van der Waals surface area contributed by atoms with E-state index in [1.54, 1.807) is 58.0 Å². The van der Waals surface area contributed by atoms with Crippen LogP contribution in [0, 0.1) is 17.8 Å². The van der Waals surface area contributed by atoms with Gasteiger partial charge in [0, 0.05) is 46.4 Å². The van der Waals surface area contributed by atoms with Crippen molar-refractivity contribution in [1.82, 2.24) is 10.2 Å². The van der Waals surface area contributed by atoms with Gasteiger partial charge in [-0.2, -0.15) is 0 Å². The molecule has 0 aromatic heterocycles. The molecule has 0 saturated heterocycles. The third-order valence-electron chi connectivity index (χ3n) is 8.80. The van der Waals surface area contributed by atoms with Crippen molar-refractivity contribution in [3.8, 4) is 17.6 Å². The number of hydrogen-bond donors (Lipinski definition) is 3. The van der Waals surface area contributed by atoms with Crippen molar-refractivity contribution in [2.45, 2.75) is 142 Å². The number of nitrogens with one attached hydrogen (secondary N) is 1. The van der Waals surface area contributed by atoms with Crippen LogP contribution in [-0.4, -0.2) is 95.8 Å². The van der Waals surface area contributed by atoms with Gasteiger partial charge in [-0.05, 0) is 71.1 Å². The Kier molecular flexibility index (Phi) is 23.6. The Bertz CT molecular complexity index is 1420. The number of hydrogen-bond acceptors (Lipinski definition) is 10. The molecule has 0 unspecified atom stereocenters. The summed E-state index contributed by atoms with van der Waals surface area (Å²) in [6, 6.07) is 5.46. The monoisotopic (exact) mass is 770 g/mol. The Morgan fingerprint density at radius 1 is 0.927 bits per heavy atom. The summed E-state index contributed by atoms with van der Waals surface area (Å²) in [5, 5.41) is 24.4. The first-order valence-corrected chi connectivity index (χ1v) is 19.6. The average Bonchev–Trinajstić information content (AvgIpc) is 3.12. The smallest absolute Gasteiger partial charge is 0.339 e. The zero-order valence-electron chi connectivity index (χ0n) is 34.2. The molecule has 308 valence electrons. The standard InChI is InChI=1S/C43H66N2O10/c1-8-10-12-15-18-21-34(47)22-19-16-13-14-17-20-23-36(43(52,28-29-46)41(51)55-42(3,4)5)39(49)44-37(40(50)54-32-38(48)45(6)7)31-33-24-26-35(27-25-33)53-30-11-9-2/h20,23-27,36-37,46,52H,8,10,12-19,21-22,28-32H2,1-7H3,(H,44,49)/t36-,37+,43+/m1/s1. The van der Waals surface area contributed by atoms with E-state index in [2.05, 4.69) is 24.1 Å². The Balaban J connectivity index is 3.21. The van der Waals surface area contributed by atoms with Crippen LogP contribution in [0.2, 0.25) is 0 Å². The Morgan fingerprint density at radius 3 is 2.11 bits per heavy atom. The number of allylic oxidation sites excluding steroid dienone is 1. The van der Waals surface area contributed by atoms with Gasteiger partial charge < -0.3 is 34.6 Å². The van der Waals surface area contributed by atoms with E-state index in [-0.39, 0.29) is 13.0 Å². The van der Waals surface area contributed by atoms with Gasteiger partial charge in [0.05, 0.1) is 5.92 Å². The van der Waals surface area contributed by atoms with Crippen LogP contribution in [0.3, 0.4) is 0 Å². The fourth-order valence-corrected chi connectivity index (χ4v) is 5.57. The van der Waals surface area contributed by atoms with Crippen LogP contribution >= 0.6 is 0 Å². The highest BCUT2D eigenvalue weighted by Crippen LogP contribution is 2.29. The van der Waals surface area contributed by atoms with Gasteiger partial charge in [0.1, 0.15) is 29.8 Å². The van der Waals surface area contributed by atoms with Crippen molar-refractivity contribution in [2.24, 2.45) is 5.92 Å². The molecule has 0 aliphatic heterocycles. The number of Topliss-reactive ketones (excluding diaryl/α,β-unsaturated/α-hetero) is 1. The highest BCUT2D eigenvalue weighted by Gasteiger charge is 2.49. The number of ketones is 1. The van der Waals surface area contributed by atoms with Gasteiger partial charge in [-0.25, -0.2) is 9.59 Å². The lowest BCUT2D eigenvalue weighted by Gasteiger charge is -2.34. The summed E-state index contributed by atoms with van der Waals surface area (Å²) < 4.78 is 16.4. The number of rotatable bonds is 27. The van der Waals surface area contributed by atoms with E-state index < -0.39 is 66.5 Å². The number of esters is 2. The van der Waals surface area contributed by atoms with Crippen molar-refractivity contribution >= 4 is 29.5 Å². The van der Waals surface area contributed by atoms with Crippen molar-refractivity contribution in [3.05, 3.63) is 42.0 Å². The minimum atomic E-state index is -2.49. The van der Waals surface area contributed by atoms with E-state index in [1.807, 2.05) is 0 Å². The Labute approximate surface area is 328 Å². The lowest BCUT2D eigenvalue weighted by Crippen LogP contribution is -2.56. The summed E-state index contributed by atoms with van der Waals surface area (Å²) in [5.41, 5.74) is -2.89. The number of aliphatic hydroxyl groups is 2. The topological polar surface area (TPSA) is 169 Å². The molecule has 0 fully saturated rings. The van der Waals surface area contributed by atoms with Crippen LogP contribution in [0.5, 0.6) is 5.75 Å². The molecule has 3 atom stereocenters. The van der Waals surface area contributed by atoms with E-state index >= 15 is 0 Å². The van der Waals surface area contributed by atoms with Crippen LogP contribution in [0.15, 0.2) is 36.4 Å². The highest BCUT2D eigenvalue weighted by molar-refractivity contribution is 5.94. The fraction of sp³-hybridized carbons (Fsp3) is 0.651. The molecule has 0 spiro atoms. The molecular formula is C43H66N2O10. The van der Waals surface area contributed by atoms with Crippen LogP contribution < -0.4 is 10.1 Å². The molecule has 3 N–H and O–H groups in total. The van der Waals surface area contributed by atoms with Crippen LogP contribution in [0.25, 0.3) is 0 Å². The van der Waals surface area contributed by atoms with Gasteiger partial charge in [-0.3, -0.25) is 14.4 Å². The molecular weight excluding hydrogens is 704 g/mol. The molecule has 55 heavy (non-hydrogen) atoms. The van der Waals surface area contributed by atoms with Crippen molar-refractivity contribution in [3.63, 3.8) is 0 Å². The number of nitrogens with zero attached hydrogens (tertiary/aromatic N) is 1. The van der Waals surface area contributed by atoms with Crippen LogP contribution in [0.1, 0.15) is 124 Å². The second kappa shape index (κ2) is 26.6.